The molecule has 6 heteroatoms. The largest absolute Gasteiger partial charge is 0.350 e. The molecule has 0 spiro atoms. The van der Waals surface area contributed by atoms with Crippen LogP contribution in [-0.4, -0.2) is 21.4 Å². The Labute approximate surface area is 165 Å². The maximum Gasteiger partial charge on any atom is 0.225 e. The fourth-order valence-electron chi connectivity index (χ4n) is 2.65. The molecule has 1 aromatic heterocycles. The number of hydrogen-bond acceptors (Lipinski definition) is 5. The molecule has 0 aliphatic heterocycles. The Morgan fingerprint density at radius 1 is 0.893 bits per heavy atom. The average molecular weight is 375 g/mol. The third-order valence-corrected chi connectivity index (χ3v) is 3.76. The van der Waals surface area contributed by atoms with Crippen LogP contribution in [0.25, 0.3) is 11.3 Å². The van der Waals surface area contributed by atoms with E-state index in [0.29, 0.717) is 11.8 Å². The average Bonchev–Trinajstić information content (AvgIpc) is 2.62. The number of benzene rings is 2. The van der Waals surface area contributed by atoms with Crippen LogP contribution in [-0.2, 0) is 4.79 Å². The molecular formula is C22H25N5O. The molecule has 0 atom stereocenters. The summed E-state index contributed by atoms with van der Waals surface area (Å²) in [4.78, 5) is 20.4. The molecule has 1 heterocycles. The van der Waals surface area contributed by atoms with Crippen molar-refractivity contribution in [3.8, 4) is 11.3 Å². The second kappa shape index (κ2) is 8.08. The van der Waals surface area contributed by atoms with E-state index < -0.39 is 0 Å². The number of amides is 1. The van der Waals surface area contributed by atoms with Gasteiger partial charge in [-0.2, -0.15) is 4.98 Å². The number of hydrogen-bond donors (Lipinski definition) is 3. The van der Waals surface area contributed by atoms with Crippen LogP contribution in [0.5, 0.6) is 0 Å². The van der Waals surface area contributed by atoms with Crippen LogP contribution < -0.4 is 16.0 Å². The monoisotopic (exact) mass is 375 g/mol. The van der Waals surface area contributed by atoms with E-state index in [1.54, 1.807) is 0 Å². The summed E-state index contributed by atoms with van der Waals surface area (Å²) in [6.45, 7) is 7.69. The summed E-state index contributed by atoms with van der Waals surface area (Å²) in [5, 5.41) is 9.41. The molecule has 0 saturated carbocycles. The summed E-state index contributed by atoms with van der Waals surface area (Å²) in [5.74, 6) is 1.15. The van der Waals surface area contributed by atoms with Crippen molar-refractivity contribution in [1.29, 1.82) is 0 Å². The minimum atomic E-state index is -0.160. The lowest BCUT2D eigenvalue weighted by molar-refractivity contribution is -0.114. The molecule has 28 heavy (non-hydrogen) atoms. The van der Waals surface area contributed by atoms with E-state index in [9.17, 15) is 4.79 Å². The van der Waals surface area contributed by atoms with Gasteiger partial charge in [0.2, 0.25) is 11.9 Å². The summed E-state index contributed by atoms with van der Waals surface area (Å²) in [6, 6.07) is 19.4. The molecule has 6 nitrogen and oxygen atoms in total. The second-order valence-electron chi connectivity index (χ2n) is 7.59. The van der Waals surface area contributed by atoms with E-state index in [1.807, 2.05) is 60.7 Å². The minimum Gasteiger partial charge on any atom is -0.350 e. The highest BCUT2D eigenvalue weighted by molar-refractivity contribution is 5.88. The summed E-state index contributed by atoms with van der Waals surface area (Å²) in [6.07, 6.45) is 0. The zero-order valence-electron chi connectivity index (χ0n) is 16.6. The molecule has 1 amide bonds. The summed E-state index contributed by atoms with van der Waals surface area (Å²) in [5.41, 5.74) is 3.31. The van der Waals surface area contributed by atoms with Crippen molar-refractivity contribution in [2.45, 2.75) is 33.2 Å². The van der Waals surface area contributed by atoms with Crippen LogP contribution in [0.2, 0.25) is 0 Å². The first-order valence-electron chi connectivity index (χ1n) is 9.16. The van der Waals surface area contributed by atoms with E-state index in [4.69, 9.17) is 0 Å². The van der Waals surface area contributed by atoms with Gasteiger partial charge in [-0.3, -0.25) is 4.79 Å². The molecule has 0 aliphatic carbocycles. The SMILES string of the molecule is CC(=O)Nc1ccc(Nc2cc(-c3ccccc3)nc(NC(C)(C)C)n2)cc1. The van der Waals surface area contributed by atoms with Crippen molar-refractivity contribution in [1.82, 2.24) is 9.97 Å². The van der Waals surface area contributed by atoms with E-state index in [-0.39, 0.29) is 11.4 Å². The van der Waals surface area contributed by atoms with Crippen LogP contribution in [0, 0.1) is 0 Å². The Balaban J connectivity index is 1.90. The van der Waals surface area contributed by atoms with Crippen LogP contribution in [0.1, 0.15) is 27.7 Å². The number of nitrogens with one attached hydrogen (secondary N) is 3. The molecule has 144 valence electrons. The van der Waals surface area contributed by atoms with Gasteiger partial charge in [0.05, 0.1) is 5.69 Å². The highest BCUT2D eigenvalue weighted by Crippen LogP contribution is 2.25. The molecule has 0 radical (unpaired) electrons. The molecule has 0 saturated heterocycles. The molecule has 0 unspecified atom stereocenters. The topological polar surface area (TPSA) is 78.9 Å². The lowest BCUT2D eigenvalue weighted by atomic mass is 10.1. The Kier molecular flexibility index (Phi) is 5.59. The number of rotatable bonds is 5. The zero-order valence-corrected chi connectivity index (χ0v) is 16.6. The van der Waals surface area contributed by atoms with Crippen molar-refractivity contribution in [2.24, 2.45) is 0 Å². The maximum absolute atomic E-state index is 11.2. The van der Waals surface area contributed by atoms with E-state index in [0.717, 1.165) is 22.6 Å². The first kappa shape index (κ1) is 19.4. The van der Waals surface area contributed by atoms with Gasteiger partial charge in [-0.15, -0.1) is 0 Å². The van der Waals surface area contributed by atoms with Crippen LogP contribution in [0.3, 0.4) is 0 Å². The van der Waals surface area contributed by atoms with Crippen molar-refractivity contribution < 1.29 is 4.79 Å². The van der Waals surface area contributed by atoms with Crippen molar-refractivity contribution in [2.75, 3.05) is 16.0 Å². The van der Waals surface area contributed by atoms with Gasteiger partial charge < -0.3 is 16.0 Å². The van der Waals surface area contributed by atoms with Gasteiger partial charge in [0.25, 0.3) is 0 Å². The molecular weight excluding hydrogens is 350 g/mol. The maximum atomic E-state index is 11.2. The fourth-order valence-corrected chi connectivity index (χ4v) is 2.65. The second-order valence-corrected chi connectivity index (χ2v) is 7.59. The van der Waals surface area contributed by atoms with Crippen LogP contribution in [0.15, 0.2) is 60.7 Å². The van der Waals surface area contributed by atoms with Crippen molar-refractivity contribution >= 4 is 29.0 Å². The van der Waals surface area contributed by atoms with Gasteiger partial charge in [-0.25, -0.2) is 4.98 Å². The van der Waals surface area contributed by atoms with E-state index >= 15 is 0 Å². The third-order valence-electron chi connectivity index (χ3n) is 3.76. The number of aromatic nitrogens is 2. The highest BCUT2D eigenvalue weighted by atomic mass is 16.1. The van der Waals surface area contributed by atoms with Crippen LogP contribution in [0.4, 0.5) is 23.1 Å². The molecule has 0 aliphatic rings. The van der Waals surface area contributed by atoms with Gasteiger partial charge in [-0.1, -0.05) is 30.3 Å². The predicted octanol–water partition coefficient (Wildman–Crippen LogP) is 5.06. The molecule has 3 rings (SSSR count). The molecule has 0 fully saturated rings. The van der Waals surface area contributed by atoms with Crippen LogP contribution >= 0.6 is 0 Å². The quantitative estimate of drug-likeness (QED) is 0.581. The fraction of sp³-hybridized carbons (Fsp3) is 0.227. The van der Waals surface area contributed by atoms with Gasteiger partial charge >= 0.3 is 0 Å². The smallest absolute Gasteiger partial charge is 0.225 e. The Morgan fingerprint density at radius 2 is 1.54 bits per heavy atom. The lowest BCUT2D eigenvalue weighted by Crippen LogP contribution is -2.27. The number of anilines is 4. The Morgan fingerprint density at radius 3 is 2.14 bits per heavy atom. The molecule has 2 aromatic carbocycles. The molecule has 3 N–H and O–H groups in total. The third kappa shape index (κ3) is 5.54. The molecule has 3 aromatic rings. The molecule has 0 bridgehead atoms. The normalized spacial score (nSPS) is 11.0. The van der Waals surface area contributed by atoms with E-state index in [2.05, 4.69) is 46.7 Å². The summed E-state index contributed by atoms with van der Waals surface area (Å²) < 4.78 is 0. The predicted molar refractivity (Wildman–Crippen MR) is 115 cm³/mol. The first-order chi connectivity index (χ1) is 13.3. The number of carbonyl (C=O) groups is 1. The van der Waals surface area contributed by atoms with Crippen molar-refractivity contribution in [3.05, 3.63) is 60.7 Å². The summed E-state index contributed by atoms with van der Waals surface area (Å²) >= 11 is 0. The van der Waals surface area contributed by atoms with Crippen molar-refractivity contribution in [3.63, 3.8) is 0 Å². The van der Waals surface area contributed by atoms with Gasteiger partial charge in [0.1, 0.15) is 5.82 Å². The van der Waals surface area contributed by atoms with Gasteiger partial charge in [0, 0.05) is 35.5 Å². The number of nitrogens with zero attached hydrogens (tertiary/aromatic N) is 2. The Bertz CT molecular complexity index is 947. The standard InChI is InChI=1S/C22H25N5O/c1-15(28)23-17-10-12-18(13-11-17)24-20-14-19(16-8-6-5-7-9-16)25-21(26-20)27-22(2,3)4/h5-14H,1-4H3,(H,23,28)(H2,24,25,26,27). The Hall–Kier alpha value is -3.41. The highest BCUT2D eigenvalue weighted by Gasteiger charge is 2.14. The first-order valence-corrected chi connectivity index (χ1v) is 9.16. The summed E-state index contributed by atoms with van der Waals surface area (Å²) in [7, 11) is 0. The zero-order chi connectivity index (χ0) is 20.1. The van der Waals surface area contributed by atoms with E-state index in [1.165, 1.54) is 6.92 Å². The number of carbonyl (C=O) groups excluding carboxylic acids is 1. The lowest BCUT2D eigenvalue weighted by Gasteiger charge is -2.21. The van der Waals surface area contributed by atoms with Gasteiger partial charge in [-0.05, 0) is 45.0 Å². The minimum absolute atomic E-state index is 0.0955. The van der Waals surface area contributed by atoms with Gasteiger partial charge in [0.15, 0.2) is 0 Å².